The van der Waals surface area contributed by atoms with Crippen LogP contribution < -0.4 is 0 Å². The van der Waals surface area contributed by atoms with Gasteiger partial charge in [0, 0.05) is 29.9 Å². The molecule has 1 amide bonds. The van der Waals surface area contributed by atoms with Gasteiger partial charge in [0.1, 0.15) is 0 Å². The minimum Gasteiger partial charge on any atom is -0.452 e. The Morgan fingerprint density at radius 1 is 1.17 bits per heavy atom. The van der Waals surface area contributed by atoms with Gasteiger partial charge in [-0.15, -0.1) is 0 Å². The van der Waals surface area contributed by atoms with E-state index in [1.807, 2.05) is 60.7 Å². The van der Waals surface area contributed by atoms with Crippen LogP contribution in [0.5, 0.6) is 0 Å². The third-order valence-corrected chi connectivity index (χ3v) is 5.75. The van der Waals surface area contributed by atoms with Gasteiger partial charge in [-0.05, 0) is 51.8 Å². The molecule has 1 fully saturated rings. The topological polar surface area (TPSA) is 64.4 Å². The number of benzene rings is 1. The fraction of sp³-hybridized carbons (Fsp3) is 0.458. The highest BCUT2D eigenvalue weighted by molar-refractivity contribution is 5.89. The van der Waals surface area contributed by atoms with E-state index in [1.54, 1.807) is 6.08 Å². The average Bonchev–Trinajstić information content (AvgIpc) is 3.06. The summed E-state index contributed by atoms with van der Waals surface area (Å²) in [6.45, 7) is 6.28. The van der Waals surface area contributed by atoms with Crippen molar-refractivity contribution in [2.24, 2.45) is 0 Å². The number of para-hydroxylation sites is 1. The average molecular weight is 410 g/mol. The first-order valence-electron chi connectivity index (χ1n) is 10.8. The van der Waals surface area contributed by atoms with Crippen LogP contribution in [0.15, 0.2) is 36.4 Å². The van der Waals surface area contributed by atoms with Gasteiger partial charge < -0.3 is 9.64 Å². The van der Waals surface area contributed by atoms with E-state index < -0.39 is 5.97 Å². The van der Waals surface area contributed by atoms with Gasteiger partial charge in [-0.25, -0.2) is 9.48 Å². The van der Waals surface area contributed by atoms with Gasteiger partial charge in [0.15, 0.2) is 6.61 Å². The predicted molar refractivity (Wildman–Crippen MR) is 117 cm³/mol. The molecule has 0 bridgehead atoms. The number of esters is 1. The molecule has 1 aromatic heterocycles. The minimum absolute atomic E-state index is 0.115. The zero-order valence-electron chi connectivity index (χ0n) is 18.1. The Bertz CT molecular complexity index is 896. The number of hydrogen-bond donors (Lipinski definition) is 0. The standard InChI is InChI=1S/C24H31N3O3/c1-4-26(20-11-7-5-8-12-20)23(28)17-30-24(29)16-15-22-18(2)25-27(19(22)3)21-13-9-6-10-14-21/h6,9-10,13-16,20H,4-5,7-8,11-12,17H2,1-3H3/b16-15+. The summed E-state index contributed by atoms with van der Waals surface area (Å²) in [5.41, 5.74) is 3.60. The van der Waals surface area contributed by atoms with Gasteiger partial charge in [0.25, 0.3) is 5.91 Å². The fourth-order valence-electron chi connectivity index (χ4n) is 4.16. The second-order valence-corrected chi connectivity index (χ2v) is 7.74. The highest BCUT2D eigenvalue weighted by Gasteiger charge is 2.24. The summed E-state index contributed by atoms with van der Waals surface area (Å²) in [5.74, 6) is -0.635. The lowest BCUT2D eigenvalue weighted by Crippen LogP contribution is -2.43. The number of rotatable bonds is 7. The maximum absolute atomic E-state index is 12.5. The van der Waals surface area contributed by atoms with E-state index in [0.717, 1.165) is 48.3 Å². The molecule has 1 heterocycles. The van der Waals surface area contributed by atoms with Crippen LogP contribution in [0.3, 0.4) is 0 Å². The molecule has 0 atom stereocenters. The minimum atomic E-state index is -0.519. The van der Waals surface area contributed by atoms with Crippen molar-refractivity contribution in [3.63, 3.8) is 0 Å². The van der Waals surface area contributed by atoms with Gasteiger partial charge in [0.2, 0.25) is 0 Å². The summed E-state index contributed by atoms with van der Waals surface area (Å²) in [6.07, 6.45) is 8.72. The number of amides is 1. The van der Waals surface area contributed by atoms with E-state index in [1.165, 1.54) is 12.5 Å². The van der Waals surface area contributed by atoms with Crippen LogP contribution >= 0.6 is 0 Å². The Kier molecular flexibility index (Phi) is 7.44. The monoisotopic (exact) mass is 409 g/mol. The molecule has 6 heteroatoms. The molecule has 0 N–H and O–H groups in total. The van der Waals surface area contributed by atoms with Crippen LogP contribution in [0.2, 0.25) is 0 Å². The fourth-order valence-corrected chi connectivity index (χ4v) is 4.16. The summed E-state index contributed by atoms with van der Waals surface area (Å²) < 4.78 is 7.08. The molecule has 1 aliphatic rings. The molecule has 0 unspecified atom stereocenters. The van der Waals surface area contributed by atoms with Crippen LogP contribution in [-0.4, -0.2) is 45.8 Å². The SMILES string of the molecule is CCN(C(=O)COC(=O)/C=C/c1c(C)nn(-c2ccccc2)c1C)C1CCCCC1. The molecule has 6 nitrogen and oxygen atoms in total. The maximum atomic E-state index is 12.5. The lowest BCUT2D eigenvalue weighted by Gasteiger charge is -2.33. The normalized spacial score (nSPS) is 14.8. The summed E-state index contributed by atoms with van der Waals surface area (Å²) in [7, 11) is 0. The van der Waals surface area contributed by atoms with Crippen LogP contribution in [0.4, 0.5) is 0 Å². The zero-order valence-corrected chi connectivity index (χ0v) is 18.1. The Balaban J connectivity index is 1.59. The first-order chi connectivity index (χ1) is 14.5. The van der Waals surface area contributed by atoms with Crippen molar-refractivity contribution >= 4 is 18.0 Å². The number of hydrogen-bond acceptors (Lipinski definition) is 4. The summed E-state index contributed by atoms with van der Waals surface area (Å²) in [6, 6.07) is 10.1. The number of nitrogens with zero attached hydrogens (tertiary/aromatic N) is 3. The van der Waals surface area contributed by atoms with Crippen LogP contribution in [0.25, 0.3) is 11.8 Å². The van der Waals surface area contributed by atoms with Gasteiger partial charge in [-0.2, -0.15) is 5.10 Å². The molecule has 160 valence electrons. The highest BCUT2D eigenvalue weighted by Crippen LogP contribution is 2.23. The third-order valence-electron chi connectivity index (χ3n) is 5.75. The van der Waals surface area contributed by atoms with Crippen molar-refractivity contribution in [2.45, 2.75) is 58.9 Å². The van der Waals surface area contributed by atoms with Gasteiger partial charge >= 0.3 is 5.97 Å². The number of ether oxygens (including phenoxy) is 1. The smallest absolute Gasteiger partial charge is 0.331 e. The number of aromatic nitrogens is 2. The summed E-state index contributed by atoms with van der Waals surface area (Å²) in [4.78, 5) is 26.6. The van der Waals surface area contributed by atoms with Crippen molar-refractivity contribution in [1.29, 1.82) is 0 Å². The maximum Gasteiger partial charge on any atom is 0.331 e. The van der Waals surface area contributed by atoms with Crippen molar-refractivity contribution in [3.05, 3.63) is 53.4 Å². The van der Waals surface area contributed by atoms with E-state index in [-0.39, 0.29) is 18.6 Å². The number of aryl methyl sites for hydroxylation is 1. The van der Waals surface area contributed by atoms with E-state index in [0.29, 0.717) is 6.54 Å². The molecule has 1 saturated carbocycles. The molecule has 1 aromatic carbocycles. The second kappa shape index (κ2) is 10.2. The molecule has 0 aliphatic heterocycles. The Hall–Kier alpha value is -2.89. The Labute approximate surface area is 178 Å². The first-order valence-corrected chi connectivity index (χ1v) is 10.8. The highest BCUT2D eigenvalue weighted by atomic mass is 16.5. The quantitative estimate of drug-likeness (QED) is 0.507. The lowest BCUT2D eigenvalue weighted by molar-refractivity contribution is -0.149. The van der Waals surface area contributed by atoms with Crippen molar-refractivity contribution in [3.8, 4) is 5.69 Å². The largest absolute Gasteiger partial charge is 0.452 e. The van der Waals surface area contributed by atoms with Gasteiger partial charge in [0.05, 0.1) is 11.4 Å². The van der Waals surface area contributed by atoms with E-state index >= 15 is 0 Å². The molecule has 0 spiro atoms. The van der Waals surface area contributed by atoms with E-state index in [9.17, 15) is 9.59 Å². The van der Waals surface area contributed by atoms with Gasteiger partial charge in [-0.1, -0.05) is 37.5 Å². The predicted octanol–water partition coefficient (Wildman–Crippen LogP) is 4.23. The molecule has 0 saturated heterocycles. The number of carbonyl (C=O) groups excluding carboxylic acids is 2. The second-order valence-electron chi connectivity index (χ2n) is 7.74. The molecular formula is C24H31N3O3. The molecular weight excluding hydrogens is 378 g/mol. The summed E-state index contributed by atoms with van der Waals surface area (Å²) >= 11 is 0. The van der Waals surface area contributed by atoms with Crippen molar-refractivity contribution in [1.82, 2.24) is 14.7 Å². The molecule has 3 rings (SSSR count). The van der Waals surface area contributed by atoms with Crippen LogP contribution in [0.1, 0.15) is 56.0 Å². The molecule has 1 aliphatic carbocycles. The van der Waals surface area contributed by atoms with Crippen molar-refractivity contribution in [2.75, 3.05) is 13.2 Å². The molecule has 30 heavy (non-hydrogen) atoms. The van der Waals surface area contributed by atoms with Crippen molar-refractivity contribution < 1.29 is 14.3 Å². The zero-order chi connectivity index (χ0) is 21.5. The van der Waals surface area contributed by atoms with Gasteiger partial charge in [-0.3, -0.25) is 4.79 Å². The Morgan fingerprint density at radius 2 is 1.87 bits per heavy atom. The number of carbonyl (C=O) groups is 2. The van der Waals surface area contributed by atoms with Crippen LogP contribution in [-0.2, 0) is 14.3 Å². The van der Waals surface area contributed by atoms with E-state index in [4.69, 9.17) is 4.74 Å². The van der Waals surface area contributed by atoms with Crippen LogP contribution in [0, 0.1) is 13.8 Å². The molecule has 0 radical (unpaired) electrons. The number of likely N-dealkylation sites (N-methyl/N-ethyl adjacent to an activating group) is 1. The first kappa shape index (κ1) is 21.8. The lowest BCUT2D eigenvalue weighted by atomic mass is 9.94. The molecule has 2 aromatic rings. The summed E-state index contributed by atoms with van der Waals surface area (Å²) in [5, 5.41) is 4.57. The Morgan fingerprint density at radius 3 is 2.53 bits per heavy atom. The van der Waals surface area contributed by atoms with E-state index in [2.05, 4.69) is 5.10 Å². The third kappa shape index (κ3) is 5.17.